The Morgan fingerprint density at radius 2 is 1.91 bits per heavy atom. The molecule has 2 aromatic carbocycles. The number of halogens is 2. The van der Waals surface area contributed by atoms with E-state index >= 15 is 0 Å². The highest BCUT2D eigenvalue weighted by Crippen LogP contribution is 2.19. The van der Waals surface area contributed by atoms with Gasteiger partial charge in [-0.3, -0.25) is 9.59 Å². The highest BCUT2D eigenvalue weighted by atomic mass is 19.2. The molecule has 35 heavy (non-hydrogen) atoms. The zero-order chi connectivity index (χ0) is 25.2. The highest BCUT2D eigenvalue weighted by Gasteiger charge is 2.07. The summed E-state index contributed by atoms with van der Waals surface area (Å²) in [4.78, 5) is 34.3. The number of nitrogens with zero attached hydrogens (tertiary/aromatic N) is 2. The largest absolute Gasteiger partial charge is 0.373 e. The number of H-pyrrole nitrogens is 1. The summed E-state index contributed by atoms with van der Waals surface area (Å²) in [5, 5.41) is 6.49. The van der Waals surface area contributed by atoms with Crippen molar-refractivity contribution in [2.24, 2.45) is 0 Å². The maximum absolute atomic E-state index is 12.4. The van der Waals surface area contributed by atoms with Gasteiger partial charge in [-0.15, -0.1) is 0 Å². The summed E-state index contributed by atoms with van der Waals surface area (Å²) in [7, 11) is 1.79. The van der Waals surface area contributed by atoms with Crippen LogP contribution in [-0.4, -0.2) is 34.5 Å². The minimum Gasteiger partial charge on any atom is -0.373 e. The van der Waals surface area contributed by atoms with Crippen LogP contribution >= 0.6 is 0 Å². The van der Waals surface area contributed by atoms with Crippen LogP contribution in [0, 0.1) is 23.5 Å². The minimum absolute atomic E-state index is 0.0609. The van der Waals surface area contributed by atoms with Crippen molar-refractivity contribution >= 4 is 22.6 Å². The van der Waals surface area contributed by atoms with Crippen LogP contribution in [0.5, 0.6) is 0 Å². The molecule has 0 bridgehead atoms. The number of amides is 1. The van der Waals surface area contributed by atoms with Crippen molar-refractivity contribution in [3.8, 4) is 11.8 Å². The average Bonchev–Trinajstić information content (AvgIpc) is 2.88. The van der Waals surface area contributed by atoms with E-state index in [2.05, 4.69) is 37.4 Å². The molecule has 7 nitrogen and oxygen atoms in total. The molecule has 0 aliphatic rings. The summed E-state index contributed by atoms with van der Waals surface area (Å²) in [5.41, 5.74) is 2.05. The lowest BCUT2D eigenvalue weighted by molar-refractivity contribution is 0.0957. The summed E-state index contributed by atoms with van der Waals surface area (Å²) in [5.74, 6) is 4.57. The molecule has 9 heteroatoms. The molecule has 0 spiro atoms. The van der Waals surface area contributed by atoms with Gasteiger partial charge in [0, 0.05) is 24.2 Å². The molecule has 0 fully saturated rings. The first kappa shape index (κ1) is 25.1. The molecule has 2 heterocycles. The van der Waals surface area contributed by atoms with E-state index in [0.717, 1.165) is 40.3 Å². The van der Waals surface area contributed by atoms with Crippen molar-refractivity contribution in [2.75, 3.05) is 18.9 Å². The van der Waals surface area contributed by atoms with Crippen molar-refractivity contribution in [1.82, 2.24) is 20.3 Å². The quantitative estimate of drug-likeness (QED) is 0.391. The Hall–Kier alpha value is -4.58. The van der Waals surface area contributed by atoms with Crippen LogP contribution in [0.3, 0.4) is 0 Å². The van der Waals surface area contributed by atoms with Gasteiger partial charge in [0.05, 0.1) is 12.1 Å². The zero-order valence-electron chi connectivity index (χ0n) is 19.2. The molecular formula is C26H23F2N5O2. The van der Waals surface area contributed by atoms with Crippen LogP contribution in [0.15, 0.2) is 65.8 Å². The third-order valence-corrected chi connectivity index (χ3v) is 4.90. The van der Waals surface area contributed by atoms with E-state index in [0.29, 0.717) is 0 Å². The van der Waals surface area contributed by atoms with Crippen LogP contribution in [0.4, 0.5) is 14.6 Å². The molecule has 178 valence electrons. The number of hydrogen-bond donors (Lipinski definition) is 3. The molecule has 1 amide bonds. The first-order valence-corrected chi connectivity index (χ1v) is 10.7. The van der Waals surface area contributed by atoms with E-state index in [1.165, 1.54) is 24.7 Å². The number of aromatic nitrogens is 3. The zero-order valence-corrected chi connectivity index (χ0v) is 19.2. The lowest BCUT2D eigenvalue weighted by atomic mass is 10.1. The highest BCUT2D eigenvalue weighted by molar-refractivity contribution is 5.94. The van der Waals surface area contributed by atoms with Crippen molar-refractivity contribution in [1.29, 1.82) is 0 Å². The normalized spacial score (nSPS) is 9.94. The molecule has 2 aromatic heterocycles. The Labute approximate surface area is 200 Å². The molecule has 0 aliphatic carbocycles. The van der Waals surface area contributed by atoms with Crippen LogP contribution in [0.25, 0.3) is 10.9 Å². The Bertz CT molecular complexity index is 1460. The Balaban J connectivity index is 0.000000287. The fraction of sp³-hybridized carbons (Fsp3) is 0.154. The van der Waals surface area contributed by atoms with E-state index in [1.54, 1.807) is 19.2 Å². The fourth-order valence-electron chi connectivity index (χ4n) is 3.06. The second-order valence-electron chi connectivity index (χ2n) is 7.20. The van der Waals surface area contributed by atoms with Gasteiger partial charge in [0.2, 0.25) is 0 Å². The molecule has 4 aromatic rings. The summed E-state index contributed by atoms with van der Waals surface area (Å²) >= 11 is 0. The number of aryl methyl sites for hydroxylation is 1. The Morgan fingerprint density at radius 3 is 2.63 bits per heavy atom. The number of nitrogens with one attached hydrogen (secondary N) is 3. The van der Waals surface area contributed by atoms with Gasteiger partial charge in [0.15, 0.2) is 11.6 Å². The van der Waals surface area contributed by atoms with Gasteiger partial charge in [0.25, 0.3) is 11.5 Å². The van der Waals surface area contributed by atoms with Gasteiger partial charge < -0.3 is 15.6 Å². The molecule has 0 unspecified atom stereocenters. The van der Waals surface area contributed by atoms with Gasteiger partial charge in [-0.1, -0.05) is 24.8 Å². The van der Waals surface area contributed by atoms with Crippen LogP contribution in [0.1, 0.15) is 28.4 Å². The number of benzene rings is 2. The van der Waals surface area contributed by atoms with E-state index in [1.807, 2.05) is 25.1 Å². The maximum Gasteiger partial charge on any atom is 0.260 e. The van der Waals surface area contributed by atoms with Gasteiger partial charge in [-0.2, -0.15) is 0 Å². The van der Waals surface area contributed by atoms with Gasteiger partial charge in [-0.25, -0.2) is 18.7 Å². The van der Waals surface area contributed by atoms with Gasteiger partial charge >= 0.3 is 0 Å². The fourth-order valence-corrected chi connectivity index (χ4v) is 3.06. The standard InChI is InChI=1S/C18H15N5O2.C8H8F2/c1-19-16-14-10-12(6-7-15(14)22-11-23-16)4-2-8-20-17(24)13-5-3-9-21-18(13)25;1-2-6-3-4-7(9)8(10)5-6/h3,5-7,9-11H,8H2,1H3,(H,20,24)(H,21,25)(H,19,22,23);3-5H,2H2,1H3. The van der Waals surface area contributed by atoms with E-state index in [-0.39, 0.29) is 12.1 Å². The Morgan fingerprint density at radius 1 is 1.09 bits per heavy atom. The minimum atomic E-state index is -0.780. The maximum atomic E-state index is 12.4. The SMILES string of the molecule is CCc1ccc(F)c(F)c1.CNc1ncnc2ccc(C#CCNC(=O)c3ccc[nH]c3=O)cc12. The van der Waals surface area contributed by atoms with Crippen molar-refractivity contribution in [3.05, 3.63) is 99.7 Å². The third-order valence-electron chi connectivity index (χ3n) is 4.90. The molecule has 0 atom stereocenters. The monoisotopic (exact) mass is 475 g/mol. The molecule has 4 rings (SSSR count). The van der Waals surface area contributed by atoms with Crippen LogP contribution in [0.2, 0.25) is 0 Å². The summed E-state index contributed by atoms with van der Waals surface area (Å²) in [6, 6.07) is 12.6. The molecule has 3 N–H and O–H groups in total. The van der Waals surface area contributed by atoms with E-state index in [9.17, 15) is 18.4 Å². The number of fused-ring (bicyclic) bond motifs is 1. The van der Waals surface area contributed by atoms with E-state index < -0.39 is 23.1 Å². The lowest BCUT2D eigenvalue weighted by Gasteiger charge is -2.03. The molecular weight excluding hydrogens is 452 g/mol. The third kappa shape index (κ3) is 6.71. The molecule has 0 saturated heterocycles. The second kappa shape index (κ2) is 12.0. The van der Waals surface area contributed by atoms with Gasteiger partial charge in [0.1, 0.15) is 17.7 Å². The molecule has 0 aliphatic heterocycles. The van der Waals surface area contributed by atoms with Crippen molar-refractivity contribution in [2.45, 2.75) is 13.3 Å². The van der Waals surface area contributed by atoms with Crippen molar-refractivity contribution in [3.63, 3.8) is 0 Å². The van der Waals surface area contributed by atoms with Crippen molar-refractivity contribution < 1.29 is 13.6 Å². The average molecular weight is 475 g/mol. The number of anilines is 1. The number of rotatable bonds is 4. The predicted molar refractivity (Wildman–Crippen MR) is 131 cm³/mol. The topological polar surface area (TPSA) is 99.8 Å². The first-order valence-electron chi connectivity index (χ1n) is 10.7. The first-order chi connectivity index (χ1) is 16.9. The number of carbonyl (C=O) groups excluding carboxylic acids is 1. The predicted octanol–water partition coefficient (Wildman–Crippen LogP) is 3.67. The summed E-state index contributed by atoms with van der Waals surface area (Å²) < 4.78 is 24.7. The summed E-state index contributed by atoms with van der Waals surface area (Å²) in [6.45, 7) is 2.03. The van der Waals surface area contributed by atoms with Gasteiger partial charge in [-0.05, 0) is 54.4 Å². The Kier molecular flexibility index (Phi) is 8.62. The smallest absolute Gasteiger partial charge is 0.260 e. The number of carbonyl (C=O) groups is 1. The lowest BCUT2D eigenvalue weighted by Crippen LogP contribution is -2.29. The second-order valence-corrected chi connectivity index (χ2v) is 7.20. The van der Waals surface area contributed by atoms with Crippen LogP contribution in [-0.2, 0) is 6.42 Å². The van der Waals surface area contributed by atoms with E-state index in [4.69, 9.17) is 0 Å². The molecule has 0 saturated carbocycles. The van der Waals surface area contributed by atoms with Crippen LogP contribution < -0.4 is 16.2 Å². The number of hydrogen-bond acceptors (Lipinski definition) is 5. The number of aromatic amines is 1. The molecule has 0 radical (unpaired) electrons. The summed E-state index contributed by atoms with van der Waals surface area (Å²) in [6.07, 6.45) is 3.71. The number of pyridine rings is 1.